The molecule has 3 N–H and O–H groups in total. The van der Waals surface area contributed by atoms with Crippen molar-refractivity contribution in [3.63, 3.8) is 0 Å². The van der Waals surface area contributed by atoms with Gasteiger partial charge in [-0.2, -0.15) is 10.2 Å². The van der Waals surface area contributed by atoms with Gasteiger partial charge in [-0.15, -0.1) is 0 Å². The van der Waals surface area contributed by atoms with Crippen LogP contribution in [0.4, 0.5) is 0 Å². The molecule has 1 amide bonds. The number of amides is 1. The number of hydrogen-bond acceptors (Lipinski definition) is 4. The molecular weight excluding hydrogens is 208 g/mol. The van der Waals surface area contributed by atoms with Crippen LogP contribution >= 0.6 is 0 Å². The van der Waals surface area contributed by atoms with Crippen molar-refractivity contribution in [2.75, 3.05) is 0 Å². The van der Waals surface area contributed by atoms with E-state index in [2.05, 4.69) is 30.7 Å². The smallest absolute Gasteiger partial charge is 0.226 e. The van der Waals surface area contributed by atoms with E-state index in [9.17, 15) is 4.79 Å². The largest absolute Gasteiger partial charge is 0.346 e. The lowest BCUT2D eigenvalue weighted by atomic mass is 10.2. The second kappa shape index (κ2) is 4.56. The lowest BCUT2D eigenvalue weighted by Crippen LogP contribution is -2.28. The first-order valence-corrected chi connectivity index (χ1v) is 4.88. The minimum Gasteiger partial charge on any atom is -0.346 e. The number of nitrogens with one attached hydrogen (secondary N) is 3. The highest BCUT2D eigenvalue weighted by Crippen LogP contribution is 2.04. The molecule has 2 rings (SSSR count). The monoisotopic (exact) mass is 220 g/mol. The third-order valence-electron chi connectivity index (χ3n) is 2.13. The molecule has 0 aromatic carbocycles. The van der Waals surface area contributed by atoms with Crippen LogP contribution in [0.2, 0.25) is 0 Å². The van der Waals surface area contributed by atoms with Gasteiger partial charge in [0.15, 0.2) is 0 Å². The molecule has 16 heavy (non-hydrogen) atoms. The van der Waals surface area contributed by atoms with Crippen LogP contribution in [0.15, 0.2) is 18.6 Å². The van der Waals surface area contributed by atoms with Crippen molar-refractivity contribution < 1.29 is 4.79 Å². The Balaban J connectivity index is 1.88. The molecule has 0 spiro atoms. The van der Waals surface area contributed by atoms with Gasteiger partial charge < -0.3 is 5.32 Å². The summed E-state index contributed by atoms with van der Waals surface area (Å²) in [6, 6.07) is 1.58. The molecule has 0 aliphatic carbocycles. The number of carbonyl (C=O) groups excluding carboxylic acids is 1. The van der Waals surface area contributed by atoms with Gasteiger partial charge in [0, 0.05) is 11.9 Å². The van der Waals surface area contributed by atoms with Gasteiger partial charge in [-0.1, -0.05) is 0 Å². The molecule has 0 aliphatic rings. The number of aromatic nitrogens is 5. The van der Waals surface area contributed by atoms with E-state index in [1.807, 2.05) is 6.92 Å². The predicted octanol–water partition coefficient (Wildman–Crippen LogP) is -0.0523. The minimum absolute atomic E-state index is 0.0897. The average Bonchev–Trinajstić information content (AvgIpc) is 2.88. The molecule has 2 aromatic heterocycles. The Morgan fingerprint density at radius 1 is 1.50 bits per heavy atom. The number of aromatic amines is 2. The van der Waals surface area contributed by atoms with Crippen LogP contribution in [0.3, 0.4) is 0 Å². The molecule has 1 unspecified atom stereocenters. The molecule has 0 saturated carbocycles. The molecule has 1 atom stereocenters. The van der Waals surface area contributed by atoms with Crippen LogP contribution in [-0.2, 0) is 11.2 Å². The van der Waals surface area contributed by atoms with Crippen molar-refractivity contribution in [3.05, 3.63) is 30.1 Å². The zero-order chi connectivity index (χ0) is 11.4. The van der Waals surface area contributed by atoms with Gasteiger partial charge in [-0.3, -0.25) is 15.0 Å². The van der Waals surface area contributed by atoms with E-state index in [1.165, 1.54) is 6.33 Å². The fourth-order valence-corrected chi connectivity index (χ4v) is 1.34. The van der Waals surface area contributed by atoms with Crippen molar-refractivity contribution >= 4 is 5.91 Å². The van der Waals surface area contributed by atoms with E-state index in [0.29, 0.717) is 5.82 Å². The summed E-state index contributed by atoms with van der Waals surface area (Å²) in [5, 5.41) is 15.7. The third-order valence-corrected chi connectivity index (χ3v) is 2.13. The molecule has 2 heterocycles. The molecular formula is C9H12N6O. The SMILES string of the molecule is CC(NC(=O)Cc1ccn[nH]1)c1ncn[nH]1. The highest BCUT2D eigenvalue weighted by molar-refractivity contribution is 5.78. The number of hydrogen-bond donors (Lipinski definition) is 3. The van der Waals surface area contributed by atoms with Crippen molar-refractivity contribution in [3.8, 4) is 0 Å². The maximum Gasteiger partial charge on any atom is 0.226 e. The Kier molecular flexibility index (Phi) is 2.95. The maximum absolute atomic E-state index is 11.6. The molecule has 2 aromatic rings. The molecule has 84 valence electrons. The fraction of sp³-hybridized carbons (Fsp3) is 0.333. The van der Waals surface area contributed by atoms with E-state index in [1.54, 1.807) is 12.3 Å². The summed E-state index contributed by atoms with van der Waals surface area (Å²) in [5.41, 5.74) is 0.780. The van der Waals surface area contributed by atoms with Gasteiger partial charge in [0.1, 0.15) is 12.2 Å². The Labute approximate surface area is 91.7 Å². The summed E-state index contributed by atoms with van der Waals surface area (Å²) in [7, 11) is 0. The van der Waals surface area contributed by atoms with E-state index < -0.39 is 0 Å². The molecule has 0 bridgehead atoms. The number of H-pyrrole nitrogens is 2. The second-order valence-corrected chi connectivity index (χ2v) is 3.42. The van der Waals surface area contributed by atoms with Crippen molar-refractivity contribution in [1.29, 1.82) is 0 Å². The number of carbonyl (C=O) groups is 1. The summed E-state index contributed by atoms with van der Waals surface area (Å²) in [6.45, 7) is 1.84. The van der Waals surface area contributed by atoms with Gasteiger partial charge in [0.05, 0.1) is 12.5 Å². The molecule has 7 heteroatoms. The Morgan fingerprint density at radius 3 is 3.00 bits per heavy atom. The lowest BCUT2D eigenvalue weighted by molar-refractivity contribution is -0.121. The van der Waals surface area contributed by atoms with Crippen LogP contribution in [-0.4, -0.2) is 31.3 Å². The van der Waals surface area contributed by atoms with Crippen LogP contribution in [0.5, 0.6) is 0 Å². The van der Waals surface area contributed by atoms with E-state index in [-0.39, 0.29) is 18.4 Å². The third kappa shape index (κ3) is 2.44. The summed E-state index contributed by atoms with van der Waals surface area (Å²) in [5.74, 6) is 0.547. The zero-order valence-corrected chi connectivity index (χ0v) is 8.77. The van der Waals surface area contributed by atoms with Crippen LogP contribution < -0.4 is 5.32 Å². The quantitative estimate of drug-likeness (QED) is 0.672. The Hall–Kier alpha value is -2.18. The topological polar surface area (TPSA) is 99.3 Å². The first-order chi connectivity index (χ1) is 7.75. The fourth-order valence-electron chi connectivity index (χ4n) is 1.34. The van der Waals surface area contributed by atoms with Crippen molar-refractivity contribution in [1.82, 2.24) is 30.7 Å². The van der Waals surface area contributed by atoms with Gasteiger partial charge in [0.25, 0.3) is 0 Å². The predicted molar refractivity (Wildman–Crippen MR) is 55.2 cm³/mol. The standard InChI is InChI=1S/C9H12N6O/c1-6(9-10-5-12-15-9)13-8(16)4-7-2-3-11-14-7/h2-3,5-6H,4H2,1H3,(H,11,14)(H,13,16)(H,10,12,15). The molecule has 0 saturated heterocycles. The molecule has 7 nitrogen and oxygen atoms in total. The van der Waals surface area contributed by atoms with Gasteiger partial charge in [0.2, 0.25) is 5.91 Å². The second-order valence-electron chi connectivity index (χ2n) is 3.42. The molecule has 0 radical (unpaired) electrons. The highest BCUT2D eigenvalue weighted by atomic mass is 16.1. The summed E-state index contributed by atoms with van der Waals surface area (Å²) in [4.78, 5) is 15.6. The first kappa shape index (κ1) is 10.3. The Bertz CT molecular complexity index is 435. The first-order valence-electron chi connectivity index (χ1n) is 4.88. The minimum atomic E-state index is -0.182. The summed E-state index contributed by atoms with van der Waals surface area (Å²) >= 11 is 0. The van der Waals surface area contributed by atoms with Gasteiger partial charge >= 0.3 is 0 Å². The van der Waals surface area contributed by atoms with E-state index in [4.69, 9.17) is 0 Å². The number of rotatable bonds is 4. The summed E-state index contributed by atoms with van der Waals surface area (Å²) < 4.78 is 0. The maximum atomic E-state index is 11.6. The van der Waals surface area contributed by atoms with Gasteiger partial charge in [-0.25, -0.2) is 4.98 Å². The van der Waals surface area contributed by atoms with E-state index in [0.717, 1.165) is 5.69 Å². The van der Waals surface area contributed by atoms with Crippen LogP contribution in [0, 0.1) is 0 Å². The van der Waals surface area contributed by atoms with Crippen LogP contribution in [0.25, 0.3) is 0 Å². The Morgan fingerprint density at radius 2 is 2.38 bits per heavy atom. The van der Waals surface area contributed by atoms with Crippen molar-refractivity contribution in [2.45, 2.75) is 19.4 Å². The van der Waals surface area contributed by atoms with Crippen molar-refractivity contribution in [2.24, 2.45) is 0 Å². The molecule has 0 aliphatic heterocycles. The number of nitrogens with zero attached hydrogens (tertiary/aromatic N) is 3. The van der Waals surface area contributed by atoms with E-state index >= 15 is 0 Å². The normalized spacial score (nSPS) is 12.3. The van der Waals surface area contributed by atoms with Gasteiger partial charge in [-0.05, 0) is 13.0 Å². The highest BCUT2D eigenvalue weighted by Gasteiger charge is 2.12. The molecule has 0 fully saturated rings. The zero-order valence-electron chi connectivity index (χ0n) is 8.77. The summed E-state index contributed by atoms with van der Waals surface area (Å²) in [6.07, 6.45) is 3.30. The van der Waals surface area contributed by atoms with Crippen LogP contribution in [0.1, 0.15) is 24.5 Å². The average molecular weight is 220 g/mol. The lowest BCUT2D eigenvalue weighted by Gasteiger charge is -2.10.